The molecule has 0 spiro atoms. The van der Waals surface area contributed by atoms with Gasteiger partial charge in [0.25, 0.3) is 0 Å². The van der Waals surface area contributed by atoms with Crippen LogP contribution in [0.25, 0.3) is 0 Å². The van der Waals surface area contributed by atoms with Gasteiger partial charge in [-0.15, -0.1) is 0 Å². The molecule has 0 heterocycles. The summed E-state index contributed by atoms with van der Waals surface area (Å²) in [6, 6.07) is 14.9. The van der Waals surface area contributed by atoms with Gasteiger partial charge in [-0.3, -0.25) is 0 Å². The van der Waals surface area contributed by atoms with Crippen molar-refractivity contribution in [2.45, 2.75) is 20.3 Å². The lowest BCUT2D eigenvalue weighted by Gasteiger charge is -2.05. The van der Waals surface area contributed by atoms with Gasteiger partial charge in [0.1, 0.15) is 5.75 Å². The van der Waals surface area contributed by atoms with E-state index in [-0.39, 0.29) is 5.97 Å². The van der Waals surface area contributed by atoms with E-state index in [1.165, 1.54) is 5.56 Å². The highest BCUT2D eigenvalue weighted by molar-refractivity contribution is 5.91. The van der Waals surface area contributed by atoms with Gasteiger partial charge in [-0.25, -0.2) is 4.79 Å². The van der Waals surface area contributed by atoms with Gasteiger partial charge in [0.05, 0.1) is 5.56 Å². The maximum Gasteiger partial charge on any atom is 0.343 e. The van der Waals surface area contributed by atoms with Gasteiger partial charge in [-0.1, -0.05) is 36.8 Å². The second kappa shape index (κ2) is 5.50. The first-order chi connectivity index (χ1) is 8.69. The first-order valence-electron chi connectivity index (χ1n) is 6.07. The fraction of sp³-hybridized carbons (Fsp3) is 0.188. The molecule has 0 fully saturated rings. The van der Waals surface area contributed by atoms with Crippen LogP contribution in [-0.4, -0.2) is 5.97 Å². The van der Waals surface area contributed by atoms with Crippen molar-refractivity contribution in [1.82, 2.24) is 0 Å². The summed E-state index contributed by atoms with van der Waals surface area (Å²) in [6.45, 7) is 4.08. The Balaban J connectivity index is 2.08. The molecular weight excluding hydrogens is 224 g/mol. The highest BCUT2D eigenvalue weighted by atomic mass is 16.5. The summed E-state index contributed by atoms with van der Waals surface area (Å²) in [4.78, 5) is 11.9. The Morgan fingerprint density at radius 3 is 2.17 bits per heavy atom. The van der Waals surface area contributed by atoms with E-state index in [9.17, 15) is 4.79 Å². The summed E-state index contributed by atoms with van der Waals surface area (Å²) in [5.41, 5.74) is 2.92. The Morgan fingerprint density at radius 1 is 1.00 bits per heavy atom. The average Bonchev–Trinajstić information content (AvgIpc) is 2.40. The van der Waals surface area contributed by atoms with E-state index in [1.54, 1.807) is 12.1 Å². The minimum absolute atomic E-state index is 0.320. The van der Waals surface area contributed by atoms with E-state index in [0.29, 0.717) is 11.3 Å². The zero-order chi connectivity index (χ0) is 13.0. The number of hydrogen-bond acceptors (Lipinski definition) is 2. The van der Waals surface area contributed by atoms with Crippen LogP contribution < -0.4 is 4.74 Å². The molecule has 2 aromatic rings. The molecule has 18 heavy (non-hydrogen) atoms. The van der Waals surface area contributed by atoms with Crippen molar-refractivity contribution in [3.63, 3.8) is 0 Å². The number of esters is 1. The first-order valence-corrected chi connectivity index (χ1v) is 6.07. The third kappa shape index (κ3) is 2.98. The summed E-state index contributed by atoms with van der Waals surface area (Å²) in [5, 5.41) is 0. The number of carbonyl (C=O) groups excluding carboxylic acids is 1. The minimum atomic E-state index is -0.320. The summed E-state index contributed by atoms with van der Waals surface area (Å²) in [5.74, 6) is 0.261. The zero-order valence-electron chi connectivity index (χ0n) is 10.6. The first kappa shape index (κ1) is 12.4. The lowest BCUT2D eigenvalue weighted by Crippen LogP contribution is -2.08. The van der Waals surface area contributed by atoms with Crippen molar-refractivity contribution < 1.29 is 9.53 Å². The van der Waals surface area contributed by atoms with Crippen LogP contribution in [0.3, 0.4) is 0 Å². The molecule has 0 bridgehead atoms. The van der Waals surface area contributed by atoms with E-state index in [1.807, 2.05) is 43.3 Å². The van der Waals surface area contributed by atoms with Gasteiger partial charge < -0.3 is 4.74 Å². The van der Waals surface area contributed by atoms with Crippen molar-refractivity contribution >= 4 is 5.97 Å². The van der Waals surface area contributed by atoms with E-state index >= 15 is 0 Å². The van der Waals surface area contributed by atoms with E-state index < -0.39 is 0 Å². The third-order valence-electron chi connectivity index (χ3n) is 2.83. The molecule has 2 nitrogen and oxygen atoms in total. The van der Waals surface area contributed by atoms with Crippen LogP contribution >= 0.6 is 0 Å². The van der Waals surface area contributed by atoms with Gasteiger partial charge in [0.2, 0.25) is 0 Å². The predicted molar refractivity (Wildman–Crippen MR) is 72.0 cm³/mol. The Kier molecular flexibility index (Phi) is 3.78. The highest BCUT2D eigenvalue weighted by Crippen LogP contribution is 2.14. The fourth-order valence-corrected chi connectivity index (χ4v) is 1.65. The zero-order valence-corrected chi connectivity index (χ0v) is 10.6. The molecule has 2 rings (SSSR count). The smallest absolute Gasteiger partial charge is 0.343 e. The van der Waals surface area contributed by atoms with E-state index in [0.717, 1.165) is 12.0 Å². The lowest BCUT2D eigenvalue weighted by atomic mass is 10.1. The van der Waals surface area contributed by atoms with Crippen LogP contribution in [0.2, 0.25) is 0 Å². The van der Waals surface area contributed by atoms with E-state index in [4.69, 9.17) is 4.74 Å². The molecule has 2 aromatic carbocycles. The summed E-state index contributed by atoms with van der Waals surface area (Å²) in [7, 11) is 0. The second-order valence-electron chi connectivity index (χ2n) is 4.25. The maximum atomic E-state index is 11.9. The van der Waals surface area contributed by atoms with Crippen LogP contribution in [0, 0.1) is 6.92 Å². The molecule has 0 radical (unpaired) electrons. The number of aryl methyl sites for hydroxylation is 2. The van der Waals surface area contributed by atoms with Crippen LogP contribution in [0.1, 0.15) is 28.4 Å². The lowest BCUT2D eigenvalue weighted by molar-refractivity contribution is 0.0735. The largest absolute Gasteiger partial charge is 0.423 e. The average molecular weight is 240 g/mol. The molecule has 0 aromatic heterocycles. The molecule has 0 aliphatic heterocycles. The van der Waals surface area contributed by atoms with Crippen LogP contribution in [-0.2, 0) is 6.42 Å². The van der Waals surface area contributed by atoms with Gasteiger partial charge >= 0.3 is 5.97 Å². The van der Waals surface area contributed by atoms with Gasteiger partial charge in [0, 0.05) is 0 Å². The van der Waals surface area contributed by atoms with Crippen molar-refractivity contribution in [1.29, 1.82) is 0 Å². The van der Waals surface area contributed by atoms with Crippen molar-refractivity contribution in [3.8, 4) is 5.75 Å². The Hall–Kier alpha value is -2.09. The molecule has 0 amide bonds. The number of hydrogen-bond donors (Lipinski definition) is 0. The third-order valence-corrected chi connectivity index (χ3v) is 2.83. The number of rotatable bonds is 3. The normalized spacial score (nSPS) is 10.1. The van der Waals surface area contributed by atoms with Crippen LogP contribution in [0.4, 0.5) is 0 Å². The monoisotopic (exact) mass is 240 g/mol. The summed E-state index contributed by atoms with van der Waals surface area (Å²) in [6.07, 6.45) is 0.978. The SMILES string of the molecule is CCc1ccc(OC(=O)c2ccc(C)cc2)cc1. The fourth-order valence-electron chi connectivity index (χ4n) is 1.65. The van der Waals surface area contributed by atoms with Crippen molar-refractivity contribution in [2.75, 3.05) is 0 Å². The molecule has 0 saturated heterocycles. The Bertz CT molecular complexity index is 524. The van der Waals surface area contributed by atoms with Crippen molar-refractivity contribution in [3.05, 3.63) is 65.2 Å². The Labute approximate surface area is 107 Å². The topological polar surface area (TPSA) is 26.3 Å². The Morgan fingerprint density at radius 2 is 1.61 bits per heavy atom. The summed E-state index contributed by atoms with van der Waals surface area (Å²) < 4.78 is 5.30. The predicted octanol–water partition coefficient (Wildman–Crippen LogP) is 3.78. The summed E-state index contributed by atoms with van der Waals surface area (Å²) >= 11 is 0. The number of carbonyl (C=O) groups is 1. The molecule has 0 aliphatic rings. The molecule has 0 saturated carbocycles. The molecule has 92 valence electrons. The maximum absolute atomic E-state index is 11.9. The molecule has 0 aliphatic carbocycles. The minimum Gasteiger partial charge on any atom is -0.423 e. The molecular formula is C16H16O2. The molecule has 2 heteroatoms. The molecule has 0 unspecified atom stereocenters. The van der Waals surface area contributed by atoms with Crippen molar-refractivity contribution in [2.24, 2.45) is 0 Å². The van der Waals surface area contributed by atoms with Crippen LogP contribution in [0.15, 0.2) is 48.5 Å². The number of ether oxygens (including phenoxy) is 1. The van der Waals surface area contributed by atoms with Gasteiger partial charge in [-0.2, -0.15) is 0 Å². The standard InChI is InChI=1S/C16H16O2/c1-3-13-6-10-15(11-7-13)18-16(17)14-8-4-12(2)5-9-14/h4-11H,3H2,1-2H3. The molecule has 0 N–H and O–H groups in total. The van der Waals surface area contributed by atoms with E-state index in [2.05, 4.69) is 6.92 Å². The van der Waals surface area contributed by atoms with Gasteiger partial charge in [0.15, 0.2) is 0 Å². The van der Waals surface area contributed by atoms with Crippen LogP contribution in [0.5, 0.6) is 5.75 Å². The second-order valence-corrected chi connectivity index (χ2v) is 4.25. The quantitative estimate of drug-likeness (QED) is 0.603. The molecule has 0 atom stereocenters. The number of benzene rings is 2. The highest BCUT2D eigenvalue weighted by Gasteiger charge is 2.07. The van der Waals surface area contributed by atoms with Gasteiger partial charge in [-0.05, 0) is 43.2 Å².